The van der Waals surface area contributed by atoms with E-state index >= 15 is 0 Å². The van der Waals surface area contributed by atoms with Crippen LogP contribution in [0.3, 0.4) is 0 Å². The molecule has 7 heteroatoms. The van der Waals surface area contributed by atoms with E-state index in [1.807, 2.05) is 0 Å². The molecule has 0 aliphatic carbocycles. The van der Waals surface area contributed by atoms with Crippen molar-refractivity contribution in [2.24, 2.45) is 0 Å². The van der Waals surface area contributed by atoms with Crippen LogP contribution in [0.4, 0.5) is 5.82 Å². The van der Waals surface area contributed by atoms with Crippen molar-refractivity contribution >= 4 is 5.82 Å². The summed E-state index contributed by atoms with van der Waals surface area (Å²) in [6.07, 6.45) is 0.314. The molecule has 7 nitrogen and oxygen atoms in total. The fourth-order valence-corrected chi connectivity index (χ4v) is 0.981. The van der Waals surface area contributed by atoms with Gasteiger partial charge in [0.25, 0.3) is 5.56 Å². The van der Waals surface area contributed by atoms with E-state index in [0.717, 1.165) is 0 Å². The molecular weight excluding hydrogens is 202 g/mol. The maximum atomic E-state index is 11.2. The van der Waals surface area contributed by atoms with E-state index in [1.54, 1.807) is 0 Å². The summed E-state index contributed by atoms with van der Waals surface area (Å²) in [7, 11) is 1.35. The quantitative estimate of drug-likeness (QED) is 0.478. The zero-order valence-electron chi connectivity index (χ0n) is 8.23. The Bertz CT molecular complexity index is 365. The molecule has 1 rings (SSSR count). The van der Waals surface area contributed by atoms with Crippen molar-refractivity contribution in [1.29, 1.82) is 0 Å². The van der Waals surface area contributed by atoms with Gasteiger partial charge >= 0.3 is 0 Å². The van der Waals surface area contributed by atoms with Crippen LogP contribution in [0.15, 0.2) is 11.1 Å². The molecule has 1 atom stereocenters. The lowest BCUT2D eigenvalue weighted by atomic mass is 10.3. The molecule has 0 amide bonds. The first-order valence-electron chi connectivity index (χ1n) is 4.33. The topological polar surface area (TPSA) is 107 Å². The number of aromatic amines is 1. The second-order valence-electron chi connectivity index (χ2n) is 2.83. The standard InChI is InChI=1S/C8H13N3O4/c1-15-6-7(9-2-5(13)3-12)10-4-11-8(6)14/h4-5,12-13H,2-3H2,1H3,(H2,9,10,11,14). The number of nitrogens with zero attached hydrogens (tertiary/aromatic N) is 1. The van der Waals surface area contributed by atoms with Crippen molar-refractivity contribution < 1.29 is 14.9 Å². The highest BCUT2D eigenvalue weighted by atomic mass is 16.5. The first-order valence-corrected chi connectivity index (χ1v) is 4.33. The molecule has 4 N–H and O–H groups in total. The molecule has 0 spiro atoms. The number of ether oxygens (including phenoxy) is 1. The molecule has 15 heavy (non-hydrogen) atoms. The van der Waals surface area contributed by atoms with Crippen LogP contribution in [-0.2, 0) is 0 Å². The number of nitrogens with one attached hydrogen (secondary N) is 2. The number of rotatable bonds is 5. The van der Waals surface area contributed by atoms with Gasteiger partial charge in [-0.15, -0.1) is 0 Å². The van der Waals surface area contributed by atoms with Gasteiger partial charge in [-0.2, -0.15) is 0 Å². The summed E-state index contributed by atoms with van der Waals surface area (Å²) in [5.41, 5.74) is -0.409. The number of hydrogen-bond donors (Lipinski definition) is 4. The van der Waals surface area contributed by atoms with Crippen molar-refractivity contribution in [3.8, 4) is 5.75 Å². The second kappa shape index (κ2) is 5.32. The Morgan fingerprint density at radius 3 is 3.07 bits per heavy atom. The molecule has 1 heterocycles. The Hall–Kier alpha value is -1.60. The average Bonchev–Trinajstić information content (AvgIpc) is 2.25. The summed E-state index contributed by atoms with van der Waals surface area (Å²) in [5, 5.41) is 20.4. The summed E-state index contributed by atoms with van der Waals surface area (Å²) < 4.78 is 4.83. The van der Waals surface area contributed by atoms with Crippen LogP contribution in [0, 0.1) is 0 Å². The minimum atomic E-state index is -0.907. The van der Waals surface area contributed by atoms with Gasteiger partial charge in [0.05, 0.1) is 26.1 Å². The van der Waals surface area contributed by atoms with Crippen LogP contribution in [0.5, 0.6) is 5.75 Å². The van der Waals surface area contributed by atoms with Gasteiger partial charge in [0, 0.05) is 6.54 Å². The van der Waals surface area contributed by atoms with Crippen molar-refractivity contribution in [2.45, 2.75) is 6.10 Å². The first kappa shape index (κ1) is 11.5. The largest absolute Gasteiger partial charge is 0.489 e. The molecule has 0 fully saturated rings. The SMILES string of the molecule is COc1c(NCC(O)CO)nc[nH]c1=O. The van der Waals surface area contributed by atoms with Gasteiger partial charge in [-0.25, -0.2) is 4.98 Å². The van der Waals surface area contributed by atoms with Crippen LogP contribution in [0.2, 0.25) is 0 Å². The minimum Gasteiger partial charge on any atom is -0.489 e. The van der Waals surface area contributed by atoms with Crippen LogP contribution >= 0.6 is 0 Å². The maximum absolute atomic E-state index is 11.2. The summed E-state index contributed by atoms with van der Waals surface area (Å²) in [5.74, 6) is 0.274. The number of aliphatic hydroxyl groups excluding tert-OH is 2. The number of aliphatic hydroxyl groups is 2. The summed E-state index contributed by atoms with van der Waals surface area (Å²) in [4.78, 5) is 17.4. The zero-order valence-corrected chi connectivity index (χ0v) is 8.23. The van der Waals surface area contributed by atoms with Gasteiger partial charge in [0.1, 0.15) is 0 Å². The number of hydrogen-bond acceptors (Lipinski definition) is 6. The highest BCUT2D eigenvalue weighted by Crippen LogP contribution is 2.13. The molecule has 0 saturated carbocycles. The Labute approximate surface area is 85.7 Å². The monoisotopic (exact) mass is 215 g/mol. The van der Waals surface area contributed by atoms with Crippen LogP contribution in [-0.4, -0.2) is 46.5 Å². The third-order valence-corrected chi connectivity index (χ3v) is 1.73. The third-order valence-electron chi connectivity index (χ3n) is 1.73. The lowest BCUT2D eigenvalue weighted by Crippen LogP contribution is -2.24. The second-order valence-corrected chi connectivity index (χ2v) is 2.83. The van der Waals surface area contributed by atoms with E-state index in [4.69, 9.17) is 14.9 Å². The van der Waals surface area contributed by atoms with E-state index < -0.39 is 11.7 Å². The molecular formula is C8H13N3O4. The Kier molecular flexibility index (Phi) is 4.07. The Morgan fingerprint density at radius 1 is 1.73 bits per heavy atom. The van der Waals surface area contributed by atoms with Gasteiger partial charge in [0.15, 0.2) is 5.82 Å². The van der Waals surface area contributed by atoms with Crippen LogP contribution < -0.4 is 15.6 Å². The normalized spacial score (nSPS) is 12.2. The Morgan fingerprint density at radius 2 is 2.47 bits per heavy atom. The predicted molar refractivity (Wildman–Crippen MR) is 53.0 cm³/mol. The Balaban J connectivity index is 2.76. The van der Waals surface area contributed by atoms with E-state index in [2.05, 4.69) is 15.3 Å². The predicted octanol–water partition coefficient (Wildman–Crippen LogP) is -1.46. The highest BCUT2D eigenvalue weighted by Gasteiger charge is 2.09. The molecule has 0 aromatic carbocycles. The average molecular weight is 215 g/mol. The van der Waals surface area contributed by atoms with Crippen LogP contribution in [0.1, 0.15) is 0 Å². The van der Waals surface area contributed by atoms with Crippen molar-refractivity contribution in [3.63, 3.8) is 0 Å². The molecule has 1 aromatic heterocycles. The fraction of sp³-hybridized carbons (Fsp3) is 0.500. The fourth-order valence-electron chi connectivity index (χ4n) is 0.981. The van der Waals surface area contributed by atoms with Crippen LogP contribution in [0.25, 0.3) is 0 Å². The summed E-state index contributed by atoms with van der Waals surface area (Å²) in [6.45, 7) is -0.276. The molecule has 0 saturated heterocycles. The summed E-state index contributed by atoms with van der Waals surface area (Å²) in [6, 6.07) is 0. The zero-order chi connectivity index (χ0) is 11.3. The molecule has 84 valence electrons. The first-order chi connectivity index (χ1) is 7.19. The van der Waals surface area contributed by atoms with Gasteiger partial charge in [-0.3, -0.25) is 4.79 Å². The van der Waals surface area contributed by atoms with Gasteiger partial charge in [-0.05, 0) is 0 Å². The van der Waals surface area contributed by atoms with E-state index in [9.17, 15) is 4.79 Å². The van der Waals surface area contributed by atoms with E-state index in [0.29, 0.717) is 0 Å². The van der Waals surface area contributed by atoms with E-state index in [-0.39, 0.29) is 24.7 Å². The van der Waals surface area contributed by atoms with Crippen molar-refractivity contribution in [2.75, 3.05) is 25.6 Å². The minimum absolute atomic E-state index is 0.0441. The number of methoxy groups -OCH3 is 1. The molecule has 0 aliphatic rings. The molecule has 1 unspecified atom stereocenters. The highest BCUT2D eigenvalue weighted by molar-refractivity contribution is 5.47. The van der Waals surface area contributed by atoms with Crippen molar-refractivity contribution in [1.82, 2.24) is 9.97 Å². The van der Waals surface area contributed by atoms with E-state index in [1.165, 1.54) is 13.4 Å². The lowest BCUT2D eigenvalue weighted by molar-refractivity contribution is 0.105. The smallest absolute Gasteiger partial charge is 0.295 e. The number of aromatic nitrogens is 2. The lowest BCUT2D eigenvalue weighted by Gasteiger charge is -2.11. The summed E-state index contributed by atoms with van der Waals surface area (Å²) >= 11 is 0. The molecule has 0 bridgehead atoms. The third kappa shape index (κ3) is 2.93. The van der Waals surface area contributed by atoms with Crippen molar-refractivity contribution in [3.05, 3.63) is 16.7 Å². The molecule has 0 aliphatic heterocycles. The van der Waals surface area contributed by atoms with Gasteiger partial charge in [-0.1, -0.05) is 0 Å². The number of anilines is 1. The molecule has 0 radical (unpaired) electrons. The number of H-pyrrole nitrogens is 1. The maximum Gasteiger partial charge on any atom is 0.295 e. The van der Waals surface area contributed by atoms with Gasteiger partial charge < -0.3 is 25.3 Å². The van der Waals surface area contributed by atoms with Gasteiger partial charge in [0.2, 0.25) is 5.75 Å². The molecule has 1 aromatic rings.